The lowest BCUT2D eigenvalue weighted by Gasteiger charge is -2.29. The van der Waals surface area contributed by atoms with Gasteiger partial charge in [-0.2, -0.15) is 0 Å². The van der Waals surface area contributed by atoms with Crippen molar-refractivity contribution in [1.29, 1.82) is 0 Å². The van der Waals surface area contributed by atoms with Gasteiger partial charge in [-0.1, -0.05) is 38.2 Å². The first kappa shape index (κ1) is 32.1. The highest BCUT2D eigenvalue weighted by Crippen LogP contribution is 2.35. The Kier molecular flexibility index (Phi) is 16.8. The first-order valence-corrected chi connectivity index (χ1v) is 14.2. The number of morpholine rings is 1. The minimum atomic E-state index is -0.155. The molecule has 8 nitrogen and oxygen atoms in total. The van der Waals surface area contributed by atoms with Crippen LogP contribution in [0.1, 0.15) is 51.5 Å². The standard InChI is InChI=1S/C30H51N3O5/c1-5-7-9-12-27(37-19-11-15-33-16-20-36-21-17-33)28(13-10-8-6-2)38-30-23-29(35-4)25(22-26(30)31-3)24-32-14-18-34/h7-10,22-23,27-28,31-32,34H,5-6,11-21,24H2,1-4H3/b9-7-,10-8-/t27-,28?/m1/s1. The summed E-state index contributed by atoms with van der Waals surface area (Å²) in [5.41, 5.74) is 1.90. The van der Waals surface area contributed by atoms with Crippen molar-refractivity contribution in [2.45, 2.75) is 64.7 Å². The van der Waals surface area contributed by atoms with Gasteiger partial charge in [0.1, 0.15) is 17.6 Å². The van der Waals surface area contributed by atoms with Gasteiger partial charge in [-0.05, 0) is 31.7 Å². The van der Waals surface area contributed by atoms with Gasteiger partial charge in [0.2, 0.25) is 0 Å². The largest absolute Gasteiger partial charge is 0.496 e. The van der Waals surface area contributed by atoms with Crippen LogP contribution in [0, 0.1) is 0 Å². The molecule has 1 aliphatic rings. The number of benzene rings is 1. The summed E-state index contributed by atoms with van der Waals surface area (Å²) in [6, 6.07) is 4.00. The Morgan fingerprint density at radius 2 is 1.74 bits per heavy atom. The van der Waals surface area contributed by atoms with Crippen LogP contribution in [-0.2, 0) is 16.0 Å². The summed E-state index contributed by atoms with van der Waals surface area (Å²) in [5, 5.41) is 15.6. The Hall–Kier alpha value is -2.10. The van der Waals surface area contributed by atoms with E-state index in [2.05, 4.69) is 53.7 Å². The average Bonchev–Trinajstić information content (AvgIpc) is 2.95. The van der Waals surface area contributed by atoms with Gasteiger partial charge >= 0.3 is 0 Å². The van der Waals surface area contributed by atoms with E-state index in [9.17, 15) is 0 Å². The monoisotopic (exact) mass is 533 g/mol. The highest BCUT2D eigenvalue weighted by atomic mass is 16.5. The van der Waals surface area contributed by atoms with E-state index >= 15 is 0 Å². The van der Waals surface area contributed by atoms with Crippen molar-refractivity contribution in [3.8, 4) is 11.5 Å². The second kappa shape index (κ2) is 19.9. The molecule has 1 aromatic carbocycles. The number of rotatable bonds is 20. The third-order valence-electron chi connectivity index (χ3n) is 6.54. The fourth-order valence-corrected chi connectivity index (χ4v) is 4.44. The van der Waals surface area contributed by atoms with Gasteiger partial charge in [-0.25, -0.2) is 0 Å². The van der Waals surface area contributed by atoms with E-state index < -0.39 is 0 Å². The van der Waals surface area contributed by atoms with Crippen LogP contribution in [0.25, 0.3) is 0 Å². The number of nitrogens with one attached hydrogen (secondary N) is 2. The number of nitrogens with zero attached hydrogens (tertiary/aromatic N) is 1. The molecule has 1 aliphatic heterocycles. The highest BCUT2D eigenvalue weighted by Gasteiger charge is 2.24. The first-order valence-electron chi connectivity index (χ1n) is 14.2. The molecule has 1 unspecified atom stereocenters. The van der Waals surface area contributed by atoms with Crippen molar-refractivity contribution in [3.05, 3.63) is 42.0 Å². The summed E-state index contributed by atoms with van der Waals surface area (Å²) in [6.45, 7) is 10.8. The average molecular weight is 534 g/mol. The van der Waals surface area contributed by atoms with E-state index in [4.69, 9.17) is 24.1 Å². The summed E-state index contributed by atoms with van der Waals surface area (Å²) in [7, 11) is 3.57. The number of aliphatic hydroxyl groups is 1. The molecule has 0 radical (unpaired) electrons. The Morgan fingerprint density at radius 1 is 1.03 bits per heavy atom. The molecule has 0 amide bonds. The van der Waals surface area contributed by atoms with Gasteiger partial charge in [-0.15, -0.1) is 0 Å². The minimum Gasteiger partial charge on any atom is -0.496 e. The van der Waals surface area contributed by atoms with E-state index in [1.807, 2.05) is 19.2 Å². The van der Waals surface area contributed by atoms with Gasteiger partial charge in [0.25, 0.3) is 0 Å². The Balaban J connectivity index is 2.20. The molecule has 0 saturated carbocycles. The van der Waals surface area contributed by atoms with Crippen LogP contribution in [-0.4, -0.2) is 89.0 Å². The molecule has 0 bridgehead atoms. The van der Waals surface area contributed by atoms with Crippen LogP contribution < -0.4 is 20.1 Å². The van der Waals surface area contributed by atoms with Crippen LogP contribution in [0.3, 0.4) is 0 Å². The third-order valence-corrected chi connectivity index (χ3v) is 6.54. The topological polar surface area (TPSA) is 84.5 Å². The number of aliphatic hydroxyl groups excluding tert-OH is 1. The summed E-state index contributed by atoms with van der Waals surface area (Å²) in [5.74, 6) is 1.49. The second-order valence-electron chi connectivity index (χ2n) is 9.41. The zero-order chi connectivity index (χ0) is 27.4. The maximum Gasteiger partial charge on any atom is 0.146 e. The molecule has 0 spiro atoms. The fourth-order valence-electron chi connectivity index (χ4n) is 4.44. The fraction of sp³-hybridized carbons (Fsp3) is 0.667. The third kappa shape index (κ3) is 11.7. The van der Waals surface area contributed by atoms with Gasteiger partial charge in [0.05, 0.1) is 38.7 Å². The van der Waals surface area contributed by atoms with Crippen molar-refractivity contribution in [1.82, 2.24) is 10.2 Å². The van der Waals surface area contributed by atoms with Crippen molar-refractivity contribution in [2.75, 3.05) is 72.1 Å². The molecule has 0 aromatic heterocycles. The van der Waals surface area contributed by atoms with Crippen LogP contribution in [0.4, 0.5) is 5.69 Å². The van der Waals surface area contributed by atoms with Gasteiger partial charge in [0, 0.05) is 64.4 Å². The van der Waals surface area contributed by atoms with Crippen LogP contribution in [0.2, 0.25) is 0 Å². The molecule has 3 N–H and O–H groups in total. The Bertz CT molecular complexity index is 811. The van der Waals surface area contributed by atoms with E-state index in [0.29, 0.717) is 19.7 Å². The zero-order valence-corrected chi connectivity index (χ0v) is 24.0. The lowest BCUT2D eigenvalue weighted by Crippen LogP contribution is -2.38. The Morgan fingerprint density at radius 3 is 2.37 bits per heavy atom. The number of ether oxygens (including phenoxy) is 4. The zero-order valence-electron chi connectivity index (χ0n) is 24.0. The lowest BCUT2D eigenvalue weighted by atomic mass is 10.0. The number of hydrogen-bond donors (Lipinski definition) is 3. The first-order chi connectivity index (χ1) is 18.7. The summed E-state index contributed by atoms with van der Waals surface area (Å²) >= 11 is 0. The lowest BCUT2D eigenvalue weighted by molar-refractivity contribution is -0.0281. The molecule has 1 heterocycles. The van der Waals surface area contributed by atoms with Gasteiger partial charge in [-0.3, -0.25) is 4.90 Å². The molecule has 0 aliphatic carbocycles. The van der Waals surface area contributed by atoms with E-state index in [1.165, 1.54) is 0 Å². The van der Waals surface area contributed by atoms with E-state index in [0.717, 1.165) is 87.7 Å². The highest BCUT2D eigenvalue weighted by molar-refractivity contribution is 5.62. The molecule has 216 valence electrons. The molecule has 38 heavy (non-hydrogen) atoms. The molecule has 1 saturated heterocycles. The van der Waals surface area contributed by atoms with E-state index in [-0.39, 0.29) is 18.8 Å². The SMILES string of the molecule is CC/C=C\CC(Oc1cc(OC)c(CNCCO)cc1NC)[C@@H](C/C=C\CC)OCCCN1CCOCC1. The van der Waals surface area contributed by atoms with Gasteiger partial charge in [0.15, 0.2) is 0 Å². The normalized spacial score (nSPS) is 16.2. The Labute approximate surface area is 230 Å². The number of allylic oxidation sites excluding steroid dienone is 2. The molecule has 1 aromatic rings. The minimum absolute atomic E-state index is 0.0782. The summed E-state index contributed by atoms with van der Waals surface area (Å²) < 4.78 is 24.4. The quantitative estimate of drug-likeness (QED) is 0.168. The molecule has 1 fully saturated rings. The number of hydrogen-bond acceptors (Lipinski definition) is 8. The predicted octanol–water partition coefficient (Wildman–Crippen LogP) is 4.39. The van der Waals surface area contributed by atoms with Crippen LogP contribution >= 0.6 is 0 Å². The maximum absolute atomic E-state index is 9.12. The van der Waals surface area contributed by atoms with Crippen molar-refractivity contribution >= 4 is 5.69 Å². The number of methoxy groups -OCH3 is 1. The predicted molar refractivity (Wildman–Crippen MR) is 155 cm³/mol. The molecule has 2 atom stereocenters. The van der Waals surface area contributed by atoms with Crippen LogP contribution in [0.5, 0.6) is 11.5 Å². The van der Waals surface area contributed by atoms with Crippen molar-refractivity contribution in [3.63, 3.8) is 0 Å². The summed E-state index contributed by atoms with van der Waals surface area (Å²) in [4.78, 5) is 2.44. The number of anilines is 1. The maximum atomic E-state index is 9.12. The van der Waals surface area contributed by atoms with Crippen molar-refractivity contribution < 1.29 is 24.1 Å². The molecular formula is C30H51N3O5. The summed E-state index contributed by atoms with van der Waals surface area (Å²) in [6.07, 6.45) is 13.1. The van der Waals surface area contributed by atoms with E-state index in [1.54, 1.807) is 7.11 Å². The second-order valence-corrected chi connectivity index (χ2v) is 9.41. The molecule has 2 rings (SSSR count). The molecular weight excluding hydrogens is 482 g/mol. The smallest absolute Gasteiger partial charge is 0.146 e. The van der Waals surface area contributed by atoms with Crippen LogP contribution in [0.15, 0.2) is 36.4 Å². The van der Waals surface area contributed by atoms with Gasteiger partial charge < -0.3 is 34.7 Å². The molecule has 8 heteroatoms. The van der Waals surface area contributed by atoms with Crippen molar-refractivity contribution in [2.24, 2.45) is 0 Å².